The number of amides is 1. The fourth-order valence-corrected chi connectivity index (χ4v) is 3.48. The first-order valence-corrected chi connectivity index (χ1v) is 11.1. The van der Waals surface area contributed by atoms with Crippen LogP contribution in [-0.4, -0.2) is 26.8 Å². The second-order valence-corrected chi connectivity index (χ2v) is 8.61. The summed E-state index contributed by atoms with van der Waals surface area (Å²) >= 11 is 12.3. The number of benzene rings is 3. The normalized spacial score (nSPS) is 11.0. The molecule has 3 aromatic carbocycles. The highest BCUT2D eigenvalue weighted by atomic mass is 35.5. The number of hydrogen-bond acceptors (Lipinski definition) is 4. The van der Waals surface area contributed by atoms with Gasteiger partial charge in [0.15, 0.2) is 5.82 Å². The Morgan fingerprint density at radius 1 is 1.00 bits per heavy atom. The summed E-state index contributed by atoms with van der Waals surface area (Å²) in [7, 11) is 0. The number of aryl methyl sites for hydroxylation is 1. The van der Waals surface area contributed by atoms with Crippen molar-refractivity contribution in [2.45, 2.75) is 26.9 Å². The quantitative estimate of drug-likeness (QED) is 0.337. The Kier molecular flexibility index (Phi) is 6.67. The number of rotatable bonds is 6. The molecule has 0 fully saturated rings. The van der Waals surface area contributed by atoms with E-state index in [0.29, 0.717) is 32.8 Å². The molecule has 1 N–H and O–H groups in total. The van der Waals surface area contributed by atoms with Gasteiger partial charge in [-0.25, -0.2) is 4.68 Å². The molecule has 0 aliphatic rings. The maximum Gasteiger partial charge on any atom is 0.336 e. The Balaban J connectivity index is 1.70. The Bertz CT molecular complexity index is 1300. The summed E-state index contributed by atoms with van der Waals surface area (Å²) in [5.74, 6) is 0.338. The SMILES string of the molecule is Cc1ccc(C(=O)Nc2cccc(-n3nc(OC(C)C)nc3-c3ccc(Cl)c(Cl)c3)c2)cc1. The Labute approximate surface area is 202 Å². The highest BCUT2D eigenvalue weighted by Crippen LogP contribution is 2.30. The molecular formula is C25H22Cl2N4O2. The summed E-state index contributed by atoms with van der Waals surface area (Å²) in [6.45, 7) is 5.79. The van der Waals surface area contributed by atoms with Gasteiger partial charge in [0, 0.05) is 16.8 Å². The molecule has 0 radical (unpaired) electrons. The van der Waals surface area contributed by atoms with Crippen LogP contribution in [0.3, 0.4) is 0 Å². The van der Waals surface area contributed by atoms with Gasteiger partial charge in [-0.05, 0) is 69.3 Å². The zero-order valence-corrected chi connectivity index (χ0v) is 19.9. The third kappa shape index (κ3) is 5.35. The third-order valence-electron chi connectivity index (χ3n) is 4.77. The van der Waals surface area contributed by atoms with Crippen LogP contribution < -0.4 is 10.1 Å². The molecular weight excluding hydrogens is 459 g/mol. The van der Waals surface area contributed by atoms with E-state index in [9.17, 15) is 4.79 Å². The number of hydrogen-bond donors (Lipinski definition) is 1. The predicted molar refractivity (Wildman–Crippen MR) is 132 cm³/mol. The topological polar surface area (TPSA) is 69.0 Å². The maximum absolute atomic E-state index is 12.7. The number of ether oxygens (including phenoxy) is 1. The van der Waals surface area contributed by atoms with E-state index in [1.54, 1.807) is 28.9 Å². The van der Waals surface area contributed by atoms with E-state index < -0.39 is 0 Å². The molecule has 1 amide bonds. The van der Waals surface area contributed by atoms with Crippen molar-refractivity contribution < 1.29 is 9.53 Å². The number of halogens is 2. The van der Waals surface area contributed by atoms with Gasteiger partial charge in [-0.15, -0.1) is 5.10 Å². The van der Waals surface area contributed by atoms with Crippen LogP contribution in [0.1, 0.15) is 29.8 Å². The molecule has 0 spiro atoms. The van der Waals surface area contributed by atoms with Crippen LogP contribution in [0, 0.1) is 6.92 Å². The monoisotopic (exact) mass is 480 g/mol. The molecule has 8 heteroatoms. The molecule has 0 aliphatic carbocycles. The van der Waals surface area contributed by atoms with Gasteiger partial charge in [0.05, 0.1) is 21.8 Å². The van der Waals surface area contributed by atoms with E-state index in [1.807, 2.05) is 63.2 Å². The van der Waals surface area contributed by atoms with Gasteiger partial charge in [-0.2, -0.15) is 4.98 Å². The highest BCUT2D eigenvalue weighted by molar-refractivity contribution is 6.42. The first kappa shape index (κ1) is 22.8. The molecule has 33 heavy (non-hydrogen) atoms. The van der Waals surface area contributed by atoms with Gasteiger partial charge >= 0.3 is 6.01 Å². The third-order valence-corrected chi connectivity index (χ3v) is 5.51. The molecule has 4 aromatic rings. The molecule has 4 rings (SSSR count). The van der Waals surface area contributed by atoms with Gasteiger partial charge in [-0.3, -0.25) is 4.79 Å². The molecule has 0 aliphatic heterocycles. The van der Waals surface area contributed by atoms with Crippen LogP contribution in [0.15, 0.2) is 66.7 Å². The molecule has 0 unspecified atom stereocenters. The van der Waals surface area contributed by atoms with Crippen molar-refractivity contribution in [2.24, 2.45) is 0 Å². The zero-order valence-electron chi connectivity index (χ0n) is 18.3. The predicted octanol–water partition coefficient (Wildman–Crippen LogP) is 6.59. The minimum atomic E-state index is -0.195. The van der Waals surface area contributed by atoms with E-state index in [1.165, 1.54) is 0 Å². The molecule has 0 saturated heterocycles. The zero-order chi connectivity index (χ0) is 23.5. The number of nitrogens with one attached hydrogen (secondary N) is 1. The van der Waals surface area contributed by atoms with E-state index >= 15 is 0 Å². The fourth-order valence-electron chi connectivity index (χ4n) is 3.18. The summed E-state index contributed by atoms with van der Waals surface area (Å²) in [6, 6.07) is 20.2. The van der Waals surface area contributed by atoms with Gasteiger partial charge in [0.2, 0.25) is 0 Å². The van der Waals surface area contributed by atoms with Crippen LogP contribution in [0.25, 0.3) is 17.1 Å². The first-order valence-electron chi connectivity index (χ1n) is 10.4. The fraction of sp³-hybridized carbons (Fsp3) is 0.160. The Morgan fingerprint density at radius 2 is 1.76 bits per heavy atom. The number of nitrogens with zero attached hydrogens (tertiary/aromatic N) is 3. The first-order chi connectivity index (χ1) is 15.8. The molecule has 168 valence electrons. The molecule has 6 nitrogen and oxygen atoms in total. The van der Waals surface area contributed by atoms with Crippen molar-refractivity contribution >= 4 is 34.8 Å². The van der Waals surface area contributed by atoms with Crippen LogP contribution in [0.2, 0.25) is 10.0 Å². The van der Waals surface area contributed by atoms with E-state index in [-0.39, 0.29) is 18.0 Å². The average molecular weight is 481 g/mol. The van der Waals surface area contributed by atoms with Crippen molar-refractivity contribution in [3.63, 3.8) is 0 Å². The number of carbonyl (C=O) groups excluding carboxylic acids is 1. The molecule has 1 aromatic heterocycles. The lowest BCUT2D eigenvalue weighted by Gasteiger charge is -2.10. The summed E-state index contributed by atoms with van der Waals surface area (Å²) in [4.78, 5) is 17.2. The van der Waals surface area contributed by atoms with Crippen molar-refractivity contribution in [3.8, 4) is 23.1 Å². The van der Waals surface area contributed by atoms with Crippen molar-refractivity contribution in [1.82, 2.24) is 14.8 Å². The maximum atomic E-state index is 12.7. The lowest BCUT2D eigenvalue weighted by atomic mass is 10.1. The standard InChI is InChI=1S/C25H22Cl2N4O2/c1-15(2)33-25-29-23(18-11-12-21(26)22(27)13-18)31(30-25)20-6-4-5-19(14-20)28-24(32)17-9-7-16(3)8-10-17/h4-15H,1-3H3,(H,28,32). The summed E-state index contributed by atoms with van der Waals surface area (Å²) in [5.41, 5.74) is 3.72. The largest absolute Gasteiger partial charge is 0.460 e. The van der Waals surface area contributed by atoms with Gasteiger partial charge < -0.3 is 10.1 Å². The van der Waals surface area contributed by atoms with Gasteiger partial charge in [-0.1, -0.05) is 47.0 Å². The number of aromatic nitrogens is 3. The highest BCUT2D eigenvalue weighted by Gasteiger charge is 2.17. The molecule has 1 heterocycles. The smallest absolute Gasteiger partial charge is 0.336 e. The van der Waals surface area contributed by atoms with Crippen molar-refractivity contribution in [2.75, 3.05) is 5.32 Å². The molecule has 0 saturated carbocycles. The van der Waals surface area contributed by atoms with Crippen LogP contribution in [0.5, 0.6) is 6.01 Å². The number of anilines is 1. The Hall–Kier alpha value is -3.35. The minimum absolute atomic E-state index is 0.0948. The second kappa shape index (κ2) is 9.65. The summed E-state index contributed by atoms with van der Waals surface area (Å²) in [6.07, 6.45) is -0.0948. The second-order valence-electron chi connectivity index (χ2n) is 7.80. The van der Waals surface area contributed by atoms with E-state index in [0.717, 1.165) is 11.1 Å². The van der Waals surface area contributed by atoms with E-state index in [2.05, 4.69) is 15.4 Å². The van der Waals surface area contributed by atoms with Crippen molar-refractivity contribution in [3.05, 3.63) is 87.9 Å². The average Bonchev–Trinajstić information content (AvgIpc) is 3.19. The summed E-state index contributed by atoms with van der Waals surface area (Å²) < 4.78 is 7.37. The van der Waals surface area contributed by atoms with Crippen LogP contribution in [-0.2, 0) is 0 Å². The van der Waals surface area contributed by atoms with Gasteiger partial charge in [0.25, 0.3) is 5.91 Å². The molecule has 0 atom stereocenters. The lowest BCUT2D eigenvalue weighted by Crippen LogP contribution is -2.12. The number of carbonyl (C=O) groups is 1. The summed E-state index contributed by atoms with van der Waals surface area (Å²) in [5, 5.41) is 8.33. The Morgan fingerprint density at radius 3 is 2.45 bits per heavy atom. The molecule has 0 bridgehead atoms. The van der Waals surface area contributed by atoms with Gasteiger partial charge in [0.1, 0.15) is 0 Å². The van der Waals surface area contributed by atoms with E-state index in [4.69, 9.17) is 27.9 Å². The lowest BCUT2D eigenvalue weighted by molar-refractivity contribution is 0.102. The van der Waals surface area contributed by atoms with Crippen LogP contribution in [0.4, 0.5) is 5.69 Å². The van der Waals surface area contributed by atoms with Crippen LogP contribution >= 0.6 is 23.2 Å². The minimum Gasteiger partial charge on any atom is -0.460 e. The van der Waals surface area contributed by atoms with Crippen molar-refractivity contribution in [1.29, 1.82) is 0 Å².